The van der Waals surface area contributed by atoms with Gasteiger partial charge in [-0.15, -0.1) is 0 Å². The highest BCUT2D eigenvalue weighted by molar-refractivity contribution is 5.34. The first kappa shape index (κ1) is 11.6. The molecule has 0 spiro atoms. The summed E-state index contributed by atoms with van der Waals surface area (Å²) in [4.78, 5) is 0. The van der Waals surface area contributed by atoms with Crippen LogP contribution in [0.25, 0.3) is 0 Å². The SMILES string of the molecule is CCc1ccc(Oc2ccc(C)c(F)c2)cc1. The Morgan fingerprint density at radius 1 is 1.00 bits per heavy atom. The minimum atomic E-state index is -0.243. The molecule has 0 heterocycles. The van der Waals surface area contributed by atoms with Crippen LogP contribution in [0, 0.1) is 12.7 Å². The molecule has 0 aliphatic rings. The average Bonchev–Trinajstić information content (AvgIpc) is 2.35. The summed E-state index contributed by atoms with van der Waals surface area (Å²) >= 11 is 0. The Morgan fingerprint density at radius 2 is 1.65 bits per heavy atom. The lowest BCUT2D eigenvalue weighted by Crippen LogP contribution is -1.88. The van der Waals surface area contributed by atoms with E-state index in [1.807, 2.05) is 24.3 Å². The Labute approximate surface area is 101 Å². The Bertz CT molecular complexity index is 503. The summed E-state index contributed by atoms with van der Waals surface area (Å²) in [5, 5.41) is 0. The molecule has 0 atom stereocenters. The molecule has 17 heavy (non-hydrogen) atoms. The predicted molar refractivity (Wildman–Crippen MR) is 67.0 cm³/mol. The molecule has 0 saturated carbocycles. The molecular formula is C15H15FO. The molecule has 0 radical (unpaired) electrons. The highest BCUT2D eigenvalue weighted by atomic mass is 19.1. The van der Waals surface area contributed by atoms with Gasteiger partial charge in [-0.1, -0.05) is 25.1 Å². The third-order valence-electron chi connectivity index (χ3n) is 2.71. The zero-order valence-corrected chi connectivity index (χ0v) is 10.0. The molecule has 0 aliphatic heterocycles. The highest BCUT2D eigenvalue weighted by Crippen LogP contribution is 2.23. The van der Waals surface area contributed by atoms with E-state index < -0.39 is 0 Å². The Balaban J connectivity index is 2.16. The molecule has 0 saturated heterocycles. The van der Waals surface area contributed by atoms with E-state index in [0.717, 1.165) is 12.2 Å². The Morgan fingerprint density at radius 3 is 2.24 bits per heavy atom. The monoisotopic (exact) mass is 230 g/mol. The van der Waals surface area contributed by atoms with E-state index >= 15 is 0 Å². The van der Waals surface area contributed by atoms with Gasteiger partial charge in [0.1, 0.15) is 17.3 Å². The average molecular weight is 230 g/mol. The van der Waals surface area contributed by atoms with Crippen LogP contribution < -0.4 is 4.74 Å². The lowest BCUT2D eigenvalue weighted by molar-refractivity contribution is 0.476. The highest BCUT2D eigenvalue weighted by Gasteiger charge is 2.01. The van der Waals surface area contributed by atoms with Crippen LogP contribution in [0.2, 0.25) is 0 Å². The number of rotatable bonds is 3. The van der Waals surface area contributed by atoms with Gasteiger partial charge in [0.15, 0.2) is 0 Å². The molecule has 1 nitrogen and oxygen atoms in total. The molecule has 0 amide bonds. The molecule has 2 heteroatoms. The van der Waals surface area contributed by atoms with Crippen LogP contribution >= 0.6 is 0 Å². The van der Waals surface area contributed by atoms with Crippen molar-refractivity contribution in [2.24, 2.45) is 0 Å². The summed E-state index contributed by atoms with van der Waals surface area (Å²) in [6.07, 6.45) is 0.999. The molecule has 0 aliphatic carbocycles. The molecule has 2 rings (SSSR count). The van der Waals surface area contributed by atoms with E-state index in [1.165, 1.54) is 11.6 Å². The van der Waals surface area contributed by atoms with Crippen LogP contribution in [0.15, 0.2) is 42.5 Å². The molecule has 2 aromatic rings. The molecule has 0 aromatic heterocycles. The van der Waals surface area contributed by atoms with Crippen LogP contribution in [0.3, 0.4) is 0 Å². The van der Waals surface area contributed by atoms with Crippen LogP contribution in [0.1, 0.15) is 18.1 Å². The van der Waals surface area contributed by atoms with E-state index in [2.05, 4.69) is 6.92 Å². The zero-order valence-electron chi connectivity index (χ0n) is 10.0. The van der Waals surface area contributed by atoms with Crippen LogP contribution in [-0.2, 0) is 6.42 Å². The lowest BCUT2D eigenvalue weighted by Gasteiger charge is -2.07. The van der Waals surface area contributed by atoms with E-state index in [-0.39, 0.29) is 5.82 Å². The fraction of sp³-hybridized carbons (Fsp3) is 0.200. The van der Waals surface area contributed by atoms with Crippen molar-refractivity contribution in [3.63, 3.8) is 0 Å². The van der Waals surface area contributed by atoms with Crippen molar-refractivity contribution in [3.8, 4) is 11.5 Å². The van der Waals surface area contributed by atoms with Gasteiger partial charge in [0.05, 0.1) is 0 Å². The first-order valence-corrected chi connectivity index (χ1v) is 5.72. The second-order valence-electron chi connectivity index (χ2n) is 4.01. The van der Waals surface area contributed by atoms with Crippen molar-refractivity contribution >= 4 is 0 Å². The number of aryl methyl sites for hydroxylation is 2. The summed E-state index contributed by atoms with van der Waals surface area (Å²) in [7, 11) is 0. The van der Waals surface area contributed by atoms with Gasteiger partial charge >= 0.3 is 0 Å². The van der Waals surface area contributed by atoms with Crippen molar-refractivity contribution in [2.45, 2.75) is 20.3 Å². The lowest BCUT2D eigenvalue weighted by atomic mass is 10.2. The van der Waals surface area contributed by atoms with Gasteiger partial charge in [-0.05, 0) is 42.7 Å². The normalized spacial score (nSPS) is 10.3. The Hall–Kier alpha value is -1.83. The summed E-state index contributed by atoms with van der Waals surface area (Å²) in [6, 6.07) is 12.7. The quantitative estimate of drug-likeness (QED) is 0.755. The predicted octanol–water partition coefficient (Wildman–Crippen LogP) is 4.49. The standard InChI is InChI=1S/C15H15FO/c1-3-12-5-8-13(9-6-12)17-14-7-4-11(2)15(16)10-14/h4-10H,3H2,1-2H3. The van der Waals surface area contributed by atoms with E-state index in [1.54, 1.807) is 19.1 Å². The van der Waals surface area contributed by atoms with Gasteiger partial charge in [0.25, 0.3) is 0 Å². The number of ether oxygens (including phenoxy) is 1. The van der Waals surface area contributed by atoms with E-state index in [4.69, 9.17) is 4.74 Å². The van der Waals surface area contributed by atoms with Crippen LogP contribution in [-0.4, -0.2) is 0 Å². The molecule has 88 valence electrons. The van der Waals surface area contributed by atoms with Gasteiger partial charge in [0.2, 0.25) is 0 Å². The van der Waals surface area contributed by atoms with Gasteiger partial charge in [-0.3, -0.25) is 0 Å². The minimum Gasteiger partial charge on any atom is -0.457 e. The summed E-state index contributed by atoms with van der Waals surface area (Å²) in [6.45, 7) is 3.83. The first-order valence-electron chi connectivity index (χ1n) is 5.72. The summed E-state index contributed by atoms with van der Waals surface area (Å²) < 4.78 is 18.9. The van der Waals surface area contributed by atoms with Crippen molar-refractivity contribution in [1.82, 2.24) is 0 Å². The second kappa shape index (κ2) is 5.00. The van der Waals surface area contributed by atoms with E-state index in [0.29, 0.717) is 11.3 Å². The van der Waals surface area contributed by atoms with Gasteiger partial charge in [-0.25, -0.2) is 4.39 Å². The third kappa shape index (κ3) is 2.84. The van der Waals surface area contributed by atoms with Gasteiger partial charge in [-0.2, -0.15) is 0 Å². The van der Waals surface area contributed by atoms with Crippen LogP contribution in [0.4, 0.5) is 4.39 Å². The molecule has 0 bridgehead atoms. The van der Waals surface area contributed by atoms with Gasteiger partial charge < -0.3 is 4.74 Å². The molecule has 0 unspecified atom stereocenters. The fourth-order valence-electron chi connectivity index (χ4n) is 1.57. The smallest absolute Gasteiger partial charge is 0.130 e. The van der Waals surface area contributed by atoms with Crippen molar-refractivity contribution < 1.29 is 9.13 Å². The molecular weight excluding hydrogens is 215 g/mol. The van der Waals surface area contributed by atoms with Crippen molar-refractivity contribution in [1.29, 1.82) is 0 Å². The number of hydrogen-bond donors (Lipinski definition) is 0. The third-order valence-corrected chi connectivity index (χ3v) is 2.71. The fourth-order valence-corrected chi connectivity index (χ4v) is 1.57. The zero-order chi connectivity index (χ0) is 12.3. The maximum atomic E-state index is 13.3. The summed E-state index contributed by atoms with van der Waals surface area (Å²) in [5.41, 5.74) is 1.88. The van der Waals surface area contributed by atoms with Crippen molar-refractivity contribution in [3.05, 3.63) is 59.4 Å². The number of halogens is 1. The number of benzene rings is 2. The Kier molecular flexibility index (Phi) is 3.43. The largest absolute Gasteiger partial charge is 0.457 e. The topological polar surface area (TPSA) is 9.23 Å². The minimum absolute atomic E-state index is 0.243. The number of hydrogen-bond acceptors (Lipinski definition) is 1. The van der Waals surface area contributed by atoms with E-state index in [9.17, 15) is 4.39 Å². The van der Waals surface area contributed by atoms with Gasteiger partial charge in [0, 0.05) is 6.07 Å². The maximum absolute atomic E-state index is 13.3. The maximum Gasteiger partial charge on any atom is 0.130 e. The molecule has 0 fully saturated rings. The first-order chi connectivity index (χ1) is 8.19. The summed E-state index contributed by atoms with van der Waals surface area (Å²) in [5.74, 6) is 1.01. The van der Waals surface area contributed by atoms with Crippen LogP contribution in [0.5, 0.6) is 11.5 Å². The van der Waals surface area contributed by atoms with Crippen molar-refractivity contribution in [2.75, 3.05) is 0 Å². The molecule has 0 N–H and O–H groups in total. The second-order valence-corrected chi connectivity index (χ2v) is 4.01. The molecule has 2 aromatic carbocycles.